The number of carbonyl (C=O) groups is 2. The number of carbonyl (C=O) groups excluding carboxylic acids is 2. The van der Waals surface area contributed by atoms with Gasteiger partial charge in [-0.2, -0.15) is 0 Å². The van der Waals surface area contributed by atoms with E-state index in [-0.39, 0.29) is 15.9 Å². The lowest BCUT2D eigenvalue weighted by Crippen LogP contribution is -2.43. The zero-order valence-electron chi connectivity index (χ0n) is 9.50. The Morgan fingerprint density at radius 3 is 2.33 bits per heavy atom. The molecule has 0 aromatic carbocycles. The number of hydrogen-bond donors (Lipinski definition) is 1. The Bertz CT molecular complexity index is 495. The first kappa shape index (κ1) is 13.1. The van der Waals surface area contributed by atoms with E-state index >= 15 is 0 Å². The highest BCUT2D eigenvalue weighted by Gasteiger charge is 2.52. The molecular weight excluding hydrogens is 279 g/mol. The Morgan fingerprint density at radius 1 is 1.33 bits per heavy atom. The maximum atomic E-state index is 12.0. The SMILES string of the molecule is COC(=O)C1(NC(=O)c2cc(Cl)nc(Cl)c2)CC1. The highest BCUT2D eigenvalue weighted by atomic mass is 35.5. The monoisotopic (exact) mass is 288 g/mol. The number of aromatic nitrogens is 1. The van der Waals surface area contributed by atoms with Crippen LogP contribution in [0.3, 0.4) is 0 Å². The van der Waals surface area contributed by atoms with Gasteiger partial charge in [-0.25, -0.2) is 9.78 Å². The molecule has 1 N–H and O–H groups in total. The summed E-state index contributed by atoms with van der Waals surface area (Å²) >= 11 is 11.4. The van der Waals surface area contributed by atoms with Crippen molar-refractivity contribution < 1.29 is 14.3 Å². The molecule has 1 amide bonds. The zero-order chi connectivity index (χ0) is 13.3. The van der Waals surface area contributed by atoms with E-state index in [1.165, 1.54) is 19.2 Å². The molecule has 1 aromatic rings. The second-order valence-corrected chi connectivity index (χ2v) is 4.80. The predicted octanol–water partition coefficient (Wildman–Crippen LogP) is 1.82. The number of halogens is 2. The molecule has 2 rings (SSSR count). The van der Waals surface area contributed by atoms with Crippen molar-refractivity contribution in [2.75, 3.05) is 7.11 Å². The van der Waals surface area contributed by atoms with Crippen LogP contribution >= 0.6 is 23.2 Å². The van der Waals surface area contributed by atoms with Gasteiger partial charge in [-0.05, 0) is 25.0 Å². The third-order valence-electron chi connectivity index (χ3n) is 2.70. The van der Waals surface area contributed by atoms with Crippen molar-refractivity contribution in [3.05, 3.63) is 28.0 Å². The van der Waals surface area contributed by atoms with Crippen LogP contribution in [0.1, 0.15) is 23.2 Å². The average molecular weight is 289 g/mol. The number of pyridine rings is 1. The molecular formula is C11H10Cl2N2O3. The molecule has 18 heavy (non-hydrogen) atoms. The largest absolute Gasteiger partial charge is 0.467 e. The van der Waals surface area contributed by atoms with Crippen LogP contribution in [0.4, 0.5) is 0 Å². The molecule has 1 heterocycles. The van der Waals surface area contributed by atoms with Crippen molar-refractivity contribution in [1.82, 2.24) is 10.3 Å². The molecule has 0 radical (unpaired) electrons. The lowest BCUT2D eigenvalue weighted by molar-refractivity contribution is -0.144. The van der Waals surface area contributed by atoms with Gasteiger partial charge in [0.05, 0.1) is 7.11 Å². The molecule has 1 aliphatic carbocycles. The second-order valence-electron chi connectivity index (χ2n) is 4.03. The van der Waals surface area contributed by atoms with Gasteiger partial charge in [0.15, 0.2) is 0 Å². The topological polar surface area (TPSA) is 68.3 Å². The number of nitrogens with one attached hydrogen (secondary N) is 1. The number of amides is 1. The van der Waals surface area contributed by atoms with Crippen molar-refractivity contribution in [2.24, 2.45) is 0 Å². The van der Waals surface area contributed by atoms with Crippen LogP contribution in [-0.2, 0) is 9.53 Å². The van der Waals surface area contributed by atoms with E-state index in [1.807, 2.05) is 0 Å². The van der Waals surface area contributed by atoms with E-state index in [2.05, 4.69) is 15.0 Å². The molecule has 5 nitrogen and oxygen atoms in total. The predicted molar refractivity (Wildman–Crippen MR) is 65.7 cm³/mol. The molecule has 0 unspecified atom stereocenters. The molecule has 1 aromatic heterocycles. The molecule has 0 aliphatic heterocycles. The summed E-state index contributed by atoms with van der Waals surface area (Å²) in [5.74, 6) is -0.869. The molecule has 0 saturated heterocycles. The maximum Gasteiger partial charge on any atom is 0.331 e. The summed E-state index contributed by atoms with van der Waals surface area (Å²) in [7, 11) is 1.29. The van der Waals surface area contributed by atoms with E-state index in [0.29, 0.717) is 12.8 Å². The van der Waals surface area contributed by atoms with Crippen molar-refractivity contribution in [2.45, 2.75) is 18.4 Å². The number of nitrogens with zero attached hydrogens (tertiary/aromatic N) is 1. The van der Waals surface area contributed by atoms with E-state index in [9.17, 15) is 9.59 Å². The fourth-order valence-electron chi connectivity index (χ4n) is 1.59. The number of methoxy groups -OCH3 is 1. The summed E-state index contributed by atoms with van der Waals surface area (Å²) in [6.07, 6.45) is 1.13. The van der Waals surface area contributed by atoms with Crippen LogP contribution in [-0.4, -0.2) is 29.5 Å². The molecule has 1 fully saturated rings. The Balaban J connectivity index is 2.15. The van der Waals surface area contributed by atoms with E-state index in [0.717, 1.165) is 0 Å². The Morgan fingerprint density at radius 2 is 1.89 bits per heavy atom. The van der Waals surface area contributed by atoms with Gasteiger partial charge < -0.3 is 10.1 Å². The Kier molecular flexibility index (Phi) is 3.45. The normalized spacial score (nSPS) is 15.9. The highest BCUT2D eigenvalue weighted by Crippen LogP contribution is 2.36. The highest BCUT2D eigenvalue weighted by molar-refractivity contribution is 6.33. The summed E-state index contributed by atoms with van der Waals surface area (Å²) < 4.78 is 4.64. The number of rotatable bonds is 3. The molecule has 0 atom stereocenters. The summed E-state index contributed by atoms with van der Waals surface area (Å²) in [5, 5.41) is 2.87. The van der Waals surface area contributed by atoms with Crippen molar-refractivity contribution in [3.63, 3.8) is 0 Å². The minimum Gasteiger partial charge on any atom is -0.467 e. The van der Waals surface area contributed by atoms with Crippen molar-refractivity contribution >= 4 is 35.1 Å². The standard InChI is InChI=1S/C11H10Cl2N2O3/c1-18-10(17)11(2-3-11)15-9(16)6-4-7(12)14-8(13)5-6/h4-5H,2-3H2,1H3,(H,15,16). The molecule has 96 valence electrons. The van der Waals surface area contributed by atoms with Crippen LogP contribution in [0.25, 0.3) is 0 Å². The fourth-order valence-corrected chi connectivity index (χ4v) is 2.05. The number of esters is 1. The van der Waals surface area contributed by atoms with Crippen LogP contribution in [0.5, 0.6) is 0 Å². The summed E-state index contributed by atoms with van der Waals surface area (Å²) in [4.78, 5) is 27.2. The Labute approximate surface area is 113 Å². The third kappa shape index (κ3) is 2.57. The minimum absolute atomic E-state index is 0.121. The summed E-state index contributed by atoms with van der Waals surface area (Å²) in [6, 6.07) is 2.77. The van der Waals surface area contributed by atoms with Crippen LogP contribution < -0.4 is 5.32 Å². The first-order valence-electron chi connectivity index (χ1n) is 5.21. The summed E-state index contributed by atoms with van der Waals surface area (Å²) in [5.41, 5.74) is -0.635. The smallest absolute Gasteiger partial charge is 0.331 e. The maximum absolute atomic E-state index is 12.0. The fraction of sp³-hybridized carbons (Fsp3) is 0.364. The van der Waals surface area contributed by atoms with Gasteiger partial charge in [0.25, 0.3) is 5.91 Å². The van der Waals surface area contributed by atoms with Gasteiger partial charge in [0.2, 0.25) is 0 Å². The van der Waals surface area contributed by atoms with Gasteiger partial charge in [0.1, 0.15) is 15.8 Å². The lowest BCUT2D eigenvalue weighted by atomic mass is 10.2. The molecule has 0 spiro atoms. The first-order chi connectivity index (χ1) is 8.47. The van der Waals surface area contributed by atoms with Crippen LogP contribution in [0.2, 0.25) is 10.3 Å². The number of hydrogen-bond acceptors (Lipinski definition) is 4. The summed E-state index contributed by atoms with van der Waals surface area (Å²) in [6.45, 7) is 0. The van der Waals surface area contributed by atoms with E-state index in [4.69, 9.17) is 23.2 Å². The minimum atomic E-state index is -0.895. The second kappa shape index (κ2) is 4.74. The zero-order valence-corrected chi connectivity index (χ0v) is 11.0. The molecule has 1 saturated carbocycles. The van der Waals surface area contributed by atoms with Gasteiger partial charge in [-0.15, -0.1) is 0 Å². The molecule has 7 heteroatoms. The van der Waals surface area contributed by atoms with E-state index < -0.39 is 17.4 Å². The van der Waals surface area contributed by atoms with E-state index in [1.54, 1.807) is 0 Å². The van der Waals surface area contributed by atoms with Gasteiger partial charge >= 0.3 is 5.97 Å². The lowest BCUT2D eigenvalue weighted by Gasteiger charge is -2.14. The van der Waals surface area contributed by atoms with Crippen molar-refractivity contribution in [3.8, 4) is 0 Å². The van der Waals surface area contributed by atoms with Crippen LogP contribution in [0.15, 0.2) is 12.1 Å². The molecule has 0 bridgehead atoms. The van der Waals surface area contributed by atoms with Crippen molar-refractivity contribution in [1.29, 1.82) is 0 Å². The average Bonchev–Trinajstić information content (AvgIpc) is 3.07. The molecule has 1 aliphatic rings. The van der Waals surface area contributed by atoms with Crippen LogP contribution in [0, 0.1) is 0 Å². The third-order valence-corrected chi connectivity index (χ3v) is 3.09. The Hall–Kier alpha value is -1.33. The number of ether oxygens (including phenoxy) is 1. The first-order valence-corrected chi connectivity index (χ1v) is 5.96. The van der Waals surface area contributed by atoms with Gasteiger partial charge in [-0.1, -0.05) is 23.2 Å². The van der Waals surface area contributed by atoms with Gasteiger partial charge in [0, 0.05) is 5.56 Å². The van der Waals surface area contributed by atoms with Gasteiger partial charge in [-0.3, -0.25) is 4.79 Å². The quantitative estimate of drug-likeness (QED) is 0.681.